The average molecular weight is 393 g/mol. The van der Waals surface area contributed by atoms with Crippen LogP contribution in [0.15, 0.2) is 73.1 Å². The summed E-state index contributed by atoms with van der Waals surface area (Å²) in [5.41, 5.74) is 2.51. The molecule has 0 N–H and O–H groups in total. The minimum Gasteiger partial charge on any atom is -0.494 e. The predicted octanol–water partition coefficient (Wildman–Crippen LogP) is 4.56. The van der Waals surface area contributed by atoms with Crippen LogP contribution >= 0.6 is 0 Å². The Morgan fingerprint density at radius 3 is 2.45 bits per heavy atom. The van der Waals surface area contributed by atoms with E-state index in [1.54, 1.807) is 24.5 Å². The van der Waals surface area contributed by atoms with Crippen LogP contribution in [0.25, 0.3) is 6.08 Å². The number of carbonyl (C=O) groups is 1. The SMILES string of the molecule is COc1cc(/C=C/C(=O)OCc2ccc(OCc3ccncc3)cc2)ccc1F. The molecule has 0 saturated heterocycles. The highest BCUT2D eigenvalue weighted by molar-refractivity contribution is 5.87. The van der Waals surface area contributed by atoms with E-state index in [1.165, 1.54) is 25.3 Å². The van der Waals surface area contributed by atoms with Gasteiger partial charge in [-0.15, -0.1) is 0 Å². The van der Waals surface area contributed by atoms with Crippen molar-refractivity contribution in [2.75, 3.05) is 7.11 Å². The maximum Gasteiger partial charge on any atom is 0.331 e. The number of carbonyl (C=O) groups excluding carboxylic acids is 1. The Hall–Kier alpha value is -3.67. The number of pyridine rings is 1. The third kappa shape index (κ3) is 6.17. The highest BCUT2D eigenvalue weighted by Gasteiger charge is 2.03. The molecule has 1 aromatic heterocycles. The lowest BCUT2D eigenvalue weighted by Gasteiger charge is -2.07. The molecule has 0 aliphatic heterocycles. The van der Waals surface area contributed by atoms with Gasteiger partial charge in [0, 0.05) is 18.5 Å². The molecule has 0 atom stereocenters. The van der Waals surface area contributed by atoms with Crippen molar-refractivity contribution in [3.8, 4) is 11.5 Å². The van der Waals surface area contributed by atoms with Crippen LogP contribution in [0.2, 0.25) is 0 Å². The molecular formula is C23H20FNO4. The number of aromatic nitrogens is 1. The Morgan fingerprint density at radius 2 is 1.72 bits per heavy atom. The summed E-state index contributed by atoms with van der Waals surface area (Å²) in [6.07, 6.45) is 6.27. The van der Waals surface area contributed by atoms with Gasteiger partial charge < -0.3 is 14.2 Å². The van der Waals surface area contributed by atoms with Crippen LogP contribution in [0.1, 0.15) is 16.7 Å². The van der Waals surface area contributed by atoms with Crippen LogP contribution in [-0.4, -0.2) is 18.1 Å². The molecule has 3 aromatic rings. The van der Waals surface area contributed by atoms with Gasteiger partial charge >= 0.3 is 5.97 Å². The Kier molecular flexibility index (Phi) is 6.95. The van der Waals surface area contributed by atoms with Crippen molar-refractivity contribution in [2.45, 2.75) is 13.2 Å². The number of benzene rings is 2. The van der Waals surface area contributed by atoms with Gasteiger partial charge in [0.05, 0.1) is 7.11 Å². The minimum atomic E-state index is -0.494. The third-order valence-corrected chi connectivity index (χ3v) is 4.05. The first-order chi connectivity index (χ1) is 14.1. The van der Waals surface area contributed by atoms with Gasteiger partial charge in [0.25, 0.3) is 0 Å². The molecule has 1 heterocycles. The summed E-state index contributed by atoms with van der Waals surface area (Å²) in [4.78, 5) is 15.9. The van der Waals surface area contributed by atoms with Gasteiger partial charge in [-0.25, -0.2) is 9.18 Å². The van der Waals surface area contributed by atoms with Crippen molar-refractivity contribution in [3.05, 3.63) is 95.6 Å². The van der Waals surface area contributed by atoms with Crippen LogP contribution < -0.4 is 9.47 Å². The first-order valence-corrected chi connectivity index (χ1v) is 8.93. The minimum absolute atomic E-state index is 0.117. The Bertz CT molecular complexity index is 972. The largest absolute Gasteiger partial charge is 0.494 e. The molecular weight excluding hydrogens is 373 g/mol. The quantitative estimate of drug-likeness (QED) is 0.415. The molecule has 0 aliphatic rings. The third-order valence-electron chi connectivity index (χ3n) is 4.05. The van der Waals surface area contributed by atoms with Gasteiger partial charge in [-0.3, -0.25) is 4.98 Å². The Balaban J connectivity index is 1.47. The monoisotopic (exact) mass is 393 g/mol. The van der Waals surface area contributed by atoms with E-state index in [9.17, 15) is 9.18 Å². The molecule has 0 amide bonds. The van der Waals surface area contributed by atoms with E-state index in [0.29, 0.717) is 12.2 Å². The van der Waals surface area contributed by atoms with Crippen molar-refractivity contribution in [2.24, 2.45) is 0 Å². The highest BCUT2D eigenvalue weighted by Crippen LogP contribution is 2.19. The smallest absolute Gasteiger partial charge is 0.331 e. The molecule has 0 fully saturated rings. The lowest BCUT2D eigenvalue weighted by atomic mass is 10.2. The topological polar surface area (TPSA) is 57.7 Å². The second-order valence-electron chi connectivity index (χ2n) is 6.12. The maximum absolute atomic E-state index is 13.4. The number of hydrogen-bond acceptors (Lipinski definition) is 5. The number of ether oxygens (including phenoxy) is 3. The molecule has 0 radical (unpaired) electrons. The fourth-order valence-electron chi connectivity index (χ4n) is 2.47. The van der Waals surface area contributed by atoms with Gasteiger partial charge in [0.2, 0.25) is 0 Å². The number of nitrogens with zero attached hydrogens (tertiary/aromatic N) is 1. The molecule has 0 aliphatic carbocycles. The maximum atomic E-state index is 13.4. The van der Waals surface area contributed by atoms with Crippen molar-refractivity contribution < 1.29 is 23.4 Å². The van der Waals surface area contributed by atoms with Crippen LogP contribution in [0, 0.1) is 5.82 Å². The number of halogens is 1. The molecule has 148 valence electrons. The van der Waals surface area contributed by atoms with Crippen LogP contribution in [0.4, 0.5) is 4.39 Å². The summed E-state index contributed by atoms with van der Waals surface area (Å²) < 4.78 is 29.2. The standard InChI is InChI=1S/C23H20FNO4/c1-27-22-14-17(4-8-21(22)24)5-9-23(26)29-16-18-2-6-20(7-3-18)28-15-19-10-12-25-13-11-19/h2-14H,15-16H2,1H3/b9-5+. The predicted molar refractivity (Wildman–Crippen MR) is 107 cm³/mol. The van der Waals surface area contributed by atoms with Crippen molar-refractivity contribution in [3.63, 3.8) is 0 Å². The number of methoxy groups -OCH3 is 1. The van der Waals surface area contributed by atoms with Gasteiger partial charge in [0.1, 0.15) is 19.0 Å². The Morgan fingerprint density at radius 1 is 1.00 bits per heavy atom. The normalized spacial score (nSPS) is 10.7. The lowest BCUT2D eigenvalue weighted by Crippen LogP contribution is -2.01. The fraction of sp³-hybridized carbons (Fsp3) is 0.130. The Labute approximate surface area is 168 Å². The molecule has 6 heteroatoms. The summed E-state index contributed by atoms with van der Waals surface area (Å²) in [5, 5.41) is 0. The molecule has 29 heavy (non-hydrogen) atoms. The molecule has 0 saturated carbocycles. The summed E-state index contributed by atoms with van der Waals surface area (Å²) in [5.74, 6) is -0.111. The molecule has 0 bridgehead atoms. The summed E-state index contributed by atoms with van der Waals surface area (Å²) in [7, 11) is 1.38. The van der Waals surface area contributed by atoms with Gasteiger partial charge in [-0.1, -0.05) is 18.2 Å². The number of hydrogen-bond donors (Lipinski definition) is 0. The van der Waals surface area contributed by atoms with Crippen LogP contribution in [-0.2, 0) is 22.7 Å². The molecule has 0 spiro atoms. The van der Waals surface area contributed by atoms with E-state index in [1.807, 2.05) is 36.4 Å². The zero-order chi connectivity index (χ0) is 20.5. The zero-order valence-corrected chi connectivity index (χ0v) is 15.9. The van der Waals surface area contributed by atoms with E-state index < -0.39 is 11.8 Å². The molecule has 0 unspecified atom stereocenters. The summed E-state index contributed by atoms with van der Waals surface area (Å²) >= 11 is 0. The average Bonchev–Trinajstić information content (AvgIpc) is 2.77. The zero-order valence-electron chi connectivity index (χ0n) is 15.9. The first-order valence-electron chi connectivity index (χ1n) is 8.93. The summed E-state index contributed by atoms with van der Waals surface area (Å²) in [6, 6.07) is 15.4. The number of esters is 1. The lowest BCUT2D eigenvalue weighted by molar-refractivity contribution is -0.138. The second-order valence-corrected chi connectivity index (χ2v) is 6.12. The van der Waals surface area contributed by atoms with Crippen LogP contribution in [0.3, 0.4) is 0 Å². The first kappa shape index (κ1) is 20.1. The molecule has 3 rings (SSSR count). The molecule has 2 aromatic carbocycles. The highest BCUT2D eigenvalue weighted by atomic mass is 19.1. The van der Waals surface area contributed by atoms with E-state index >= 15 is 0 Å². The van der Waals surface area contributed by atoms with E-state index in [2.05, 4.69) is 4.98 Å². The molecule has 5 nitrogen and oxygen atoms in total. The van der Waals surface area contributed by atoms with E-state index in [4.69, 9.17) is 14.2 Å². The van der Waals surface area contributed by atoms with Crippen molar-refractivity contribution >= 4 is 12.0 Å². The fourth-order valence-corrected chi connectivity index (χ4v) is 2.47. The van der Waals surface area contributed by atoms with Gasteiger partial charge in [-0.05, 0) is 59.2 Å². The van der Waals surface area contributed by atoms with E-state index in [0.717, 1.165) is 16.9 Å². The van der Waals surface area contributed by atoms with Gasteiger partial charge in [0.15, 0.2) is 11.6 Å². The summed E-state index contributed by atoms with van der Waals surface area (Å²) in [6.45, 7) is 0.594. The van der Waals surface area contributed by atoms with Crippen LogP contribution in [0.5, 0.6) is 11.5 Å². The van der Waals surface area contributed by atoms with Gasteiger partial charge in [-0.2, -0.15) is 0 Å². The second kappa shape index (κ2) is 10.0. The van der Waals surface area contributed by atoms with Crippen molar-refractivity contribution in [1.82, 2.24) is 4.98 Å². The number of rotatable bonds is 8. The van der Waals surface area contributed by atoms with E-state index in [-0.39, 0.29) is 12.4 Å². The van der Waals surface area contributed by atoms with Crippen molar-refractivity contribution in [1.29, 1.82) is 0 Å².